The van der Waals surface area contributed by atoms with Gasteiger partial charge in [-0.25, -0.2) is 0 Å². The SMILES string of the molecule is CC(C)(CCCl)c1ccc(Cl)c2ccccc12. The Morgan fingerprint density at radius 3 is 2.29 bits per heavy atom. The van der Waals surface area contributed by atoms with E-state index in [1.807, 2.05) is 12.1 Å². The molecule has 2 aromatic rings. The first-order valence-electron chi connectivity index (χ1n) is 5.80. The minimum absolute atomic E-state index is 0.0753. The maximum atomic E-state index is 6.23. The van der Waals surface area contributed by atoms with Crippen molar-refractivity contribution < 1.29 is 0 Å². The lowest BCUT2D eigenvalue weighted by molar-refractivity contribution is 0.514. The molecule has 0 saturated heterocycles. The van der Waals surface area contributed by atoms with E-state index < -0.39 is 0 Å². The molecule has 17 heavy (non-hydrogen) atoms. The van der Waals surface area contributed by atoms with Gasteiger partial charge < -0.3 is 0 Å². The molecule has 0 aliphatic rings. The number of rotatable bonds is 3. The summed E-state index contributed by atoms with van der Waals surface area (Å²) in [6, 6.07) is 12.4. The summed E-state index contributed by atoms with van der Waals surface area (Å²) in [5.41, 5.74) is 1.39. The number of halogens is 2. The molecule has 0 nitrogen and oxygen atoms in total. The van der Waals surface area contributed by atoms with Gasteiger partial charge in [0.15, 0.2) is 0 Å². The van der Waals surface area contributed by atoms with Crippen molar-refractivity contribution >= 4 is 34.0 Å². The molecule has 2 aromatic carbocycles. The van der Waals surface area contributed by atoms with Crippen molar-refractivity contribution in [2.45, 2.75) is 25.7 Å². The van der Waals surface area contributed by atoms with Crippen molar-refractivity contribution in [2.24, 2.45) is 0 Å². The Bertz CT molecular complexity index is 529. The van der Waals surface area contributed by atoms with Crippen LogP contribution in [0.25, 0.3) is 10.8 Å². The van der Waals surface area contributed by atoms with Gasteiger partial charge in [0.05, 0.1) is 0 Å². The van der Waals surface area contributed by atoms with Crippen LogP contribution in [0.2, 0.25) is 5.02 Å². The quantitative estimate of drug-likeness (QED) is 0.653. The van der Waals surface area contributed by atoms with Crippen LogP contribution in [0.3, 0.4) is 0 Å². The van der Waals surface area contributed by atoms with Crippen molar-refractivity contribution in [1.29, 1.82) is 0 Å². The highest BCUT2D eigenvalue weighted by Crippen LogP contribution is 2.35. The van der Waals surface area contributed by atoms with Gasteiger partial charge in [-0.15, -0.1) is 11.6 Å². The Balaban J connectivity index is 2.67. The standard InChI is InChI=1S/C15H16Cl2/c1-15(2,9-10-16)13-7-8-14(17)12-6-4-3-5-11(12)13/h3-8H,9-10H2,1-2H3. The minimum Gasteiger partial charge on any atom is -0.127 e. The van der Waals surface area contributed by atoms with Crippen LogP contribution in [-0.2, 0) is 5.41 Å². The third-order valence-electron chi connectivity index (χ3n) is 3.32. The van der Waals surface area contributed by atoms with Gasteiger partial charge in [0, 0.05) is 16.3 Å². The topological polar surface area (TPSA) is 0 Å². The second kappa shape index (κ2) is 4.88. The third-order valence-corrected chi connectivity index (χ3v) is 3.84. The van der Waals surface area contributed by atoms with Gasteiger partial charge in [-0.05, 0) is 28.9 Å². The maximum Gasteiger partial charge on any atom is 0.0484 e. The summed E-state index contributed by atoms with van der Waals surface area (Å²) >= 11 is 12.1. The lowest BCUT2D eigenvalue weighted by Crippen LogP contribution is -2.18. The fraction of sp³-hybridized carbons (Fsp3) is 0.333. The largest absolute Gasteiger partial charge is 0.127 e. The molecule has 0 N–H and O–H groups in total. The van der Waals surface area contributed by atoms with Crippen molar-refractivity contribution in [2.75, 3.05) is 5.88 Å². The zero-order valence-electron chi connectivity index (χ0n) is 10.1. The van der Waals surface area contributed by atoms with Gasteiger partial charge in [0.2, 0.25) is 0 Å². The predicted molar refractivity (Wildman–Crippen MR) is 77.3 cm³/mol. The van der Waals surface area contributed by atoms with Gasteiger partial charge in [-0.1, -0.05) is 55.8 Å². The average Bonchev–Trinajstić information content (AvgIpc) is 2.29. The Hall–Kier alpha value is -0.720. The first kappa shape index (κ1) is 12.7. The fourth-order valence-electron chi connectivity index (χ4n) is 2.22. The molecule has 0 bridgehead atoms. The Labute approximate surface area is 113 Å². The number of benzene rings is 2. The monoisotopic (exact) mass is 266 g/mol. The number of hydrogen-bond acceptors (Lipinski definition) is 0. The second-order valence-corrected chi connectivity index (χ2v) is 5.75. The van der Waals surface area contributed by atoms with Crippen molar-refractivity contribution in [1.82, 2.24) is 0 Å². The molecule has 0 saturated carbocycles. The van der Waals surface area contributed by atoms with Crippen LogP contribution in [0.5, 0.6) is 0 Å². The van der Waals surface area contributed by atoms with Crippen molar-refractivity contribution in [3.63, 3.8) is 0 Å². The number of hydrogen-bond donors (Lipinski definition) is 0. The van der Waals surface area contributed by atoms with E-state index in [4.69, 9.17) is 23.2 Å². The first-order valence-corrected chi connectivity index (χ1v) is 6.71. The molecule has 0 fully saturated rings. The third kappa shape index (κ3) is 2.43. The molecular weight excluding hydrogens is 251 g/mol. The molecule has 0 atom stereocenters. The summed E-state index contributed by atoms with van der Waals surface area (Å²) in [6.45, 7) is 4.45. The van der Waals surface area contributed by atoms with Gasteiger partial charge >= 0.3 is 0 Å². The van der Waals surface area contributed by atoms with Crippen LogP contribution in [0.15, 0.2) is 36.4 Å². The Morgan fingerprint density at radius 1 is 1.00 bits per heavy atom. The van der Waals surface area contributed by atoms with Crippen molar-refractivity contribution in [3.05, 3.63) is 47.0 Å². The Morgan fingerprint density at radius 2 is 1.65 bits per heavy atom. The molecule has 0 aliphatic heterocycles. The van der Waals surface area contributed by atoms with Crippen LogP contribution in [0.1, 0.15) is 25.8 Å². The summed E-state index contributed by atoms with van der Waals surface area (Å²) in [6.07, 6.45) is 0.959. The van der Waals surface area contributed by atoms with E-state index in [0.717, 1.165) is 16.8 Å². The summed E-state index contributed by atoms with van der Waals surface area (Å²) in [4.78, 5) is 0. The van der Waals surface area contributed by atoms with E-state index in [2.05, 4.69) is 38.1 Å². The minimum atomic E-state index is 0.0753. The molecule has 0 aliphatic carbocycles. The highest BCUT2D eigenvalue weighted by atomic mass is 35.5. The van der Waals surface area contributed by atoms with E-state index in [1.54, 1.807) is 0 Å². The van der Waals surface area contributed by atoms with Gasteiger partial charge in [-0.3, -0.25) is 0 Å². The molecule has 0 heterocycles. The molecule has 0 radical (unpaired) electrons. The zero-order valence-corrected chi connectivity index (χ0v) is 11.6. The highest BCUT2D eigenvalue weighted by molar-refractivity contribution is 6.35. The van der Waals surface area contributed by atoms with Gasteiger partial charge in [-0.2, -0.15) is 0 Å². The average molecular weight is 267 g/mol. The lowest BCUT2D eigenvalue weighted by Gasteiger charge is -2.26. The van der Waals surface area contributed by atoms with E-state index >= 15 is 0 Å². The summed E-state index contributed by atoms with van der Waals surface area (Å²) < 4.78 is 0. The van der Waals surface area contributed by atoms with Crippen LogP contribution in [-0.4, -0.2) is 5.88 Å². The van der Waals surface area contributed by atoms with E-state index in [1.165, 1.54) is 10.9 Å². The molecular formula is C15H16Cl2. The zero-order chi connectivity index (χ0) is 12.5. The molecule has 90 valence electrons. The van der Waals surface area contributed by atoms with Crippen LogP contribution in [0, 0.1) is 0 Å². The molecule has 0 aromatic heterocycles. The lowest BCUT2D eigenvalue weighted by atomic mass is 9.79. The normalized spacial score (nSPS) is 12.0. The predicted octanol–water partition coefficient (Wildman–Crippen LogP) is 5.40. The van der Waals surface area contributed by atoms with E-state index in [0.29, 0.717) is 5.88 Å². The summed E-state index contributed by atoms with van der Waals surface area (Å²) in [5, 5.41) is 3.16. The number of alkyl halides is 1. The van der Waals surface area contributed by atoms with Crippen LogP contribution >= 0.6 is 23.2 Å². The first-order chi connectivity index (χ1) is 8.06. The summed E-state index contributed by atoms with van der Waals surface area (Å²) in [5.74, 6) is 0.671. The van der Waals surface area contributed by atoms with Crippen molar-refractivity contribution in [3.8, 4) is 0 Å². The van der Waals surface area contributed by atoms with Crippen LogP contribution in [0.4, 0.5) is 0 Å². The van der Waals surface area contributed by atoms with E-state index in [9.17, 15) is 0 Å². The maximum absolute atomic E-state index is 6.23. The highest BCUT2D eigenvalue weighted by Gasteiger charge is 2.22. The van der Waals surface area contributed by atoms with Gasteiger partial charge in [0.25, 0.3) is 0 Å². The molecule has 2 heteroatoms. The molecule has 0 spiro atoms. The summed E-state index contributed by atoms with van der Waals surface area (Å²) in [7, 11) is 0. The molecule has 2 rings (SSSR count). The molecule has 0 amide bonds. The Kier molecular flexibility index (Phi) is 3.65. The number of fused-ring (bicyclic) bond motifs is 1. The van der Waals surface area contributed by atoms with Crippen LogP contribution < -0.4 is 0 Å². The van der Waals surface area contributed by atoms with E-state index in [-0.39, 0.29) is 5.41 Å². The molecule has 0 unspecified atom stereocenters. The fourth-order valence-corrected chi connectivity index (χ4v) is 2.92. The second-order valence-electron chi connectivity index (χ2n) is 4.96. The van der Waals surface area contributed by atoms with Gasteiger partial charge in [0.1, 0.15) is 0 Å². The smallest absolute Gasteiger partial charge is 0.0484 e.